The number of non-ortho nitro benzene ring substituents is 1. The fraction of sp³-hybridized carbons (Fsp3) is 0.229. The highest BCUT2D eigenvalue weighted by molar-refractivity contribution is 6.30. The zero-order valence-electron chi connectivity index (χ0n) is 23.8. The largest absolute Gasteiger partial charge is 0.347 e. The van der Waals surface area contributed by atoms with Gasteiger partial charge >= 0.3 is 0 Å². The van der Waals surface area contributed by atoms with Crippen molar-refractivity contribution in [1.82, 2.24) is 0 Å². The molecule has 0 aromatic heterocycles. The predicted molar refractivity (Wildman–Crippen MR) is 167 cm³/mol. The number of likely N-dealkylation sites (N-methyl/N-ethyl adjacent to an activating group) is 1. The van der Waals surface area contributed by atoms with Gasteiger partial charge in [0.25, 0.3) is 5.69 Å². The normalized spacial score (nSPS) is 17.6. The van der Waals surface area contributed by atoms with Crippen molar-refractivity contribution >= 4 is 34.4 Å². The molecular weight excluding hydrogens is 530 g/mol. The van der Waals surface area contributed by atoms with E-state index in [1.165, 1.54) is 22.4 Å². The van der Waals surface area contributed by atoms with Gasteiger partial charge in [-0.15, -0.1) is 0 Å². The smallest absolute Gasteiger partial charge is 0.269 e. The number of nitro groups is 1. The average Bonchev–Trinajstić information content (AvgIpc) is 3.29. The molecule has 0 atom stereocenters. The van der Waals surface area contributed by atoms with Crippen LogP contribution in [0.1, 0.15) is 36.1 Å². The molecule has 0 N–H and O–H groups in total. The van der Waals surface area contributed by atoms with Crippen molar-refractivity contribution in [2.75, 3.05) is 19.0 Å². The predicted octanol–water partition coefficient (Wildman–Crippen LogP) is 8.01. The standard InChI is InChI=1S/C35H33ClN3O2/c1-34(2)28-20-27(39(40)41)16-18-30(28)37(3)32(34)21-33-35(22-24-11-7-5-8-12-24,23-25-13-9-6-10-14-25)29-19-26(36)15-17-31(29)38(33)4/h5-21H,22-23H2,1-4H3/q+1. The third-order valence-electron chi connectivity index (χ3n) is 8.89. The summed E-state index contributed by atoms with van der Waals surface area (Å²) in [5.74, 6) is 0. The van der Waals surface area contributed by atoms with E-state index in [-0.39, 0.29) is 10.6 Å². The van der Waals surface area contributed by atoms with Crippen LogP contribution in [-0.4, -0.2) is 29.3 Å². The number of hydrogen-bond acceptors (Lipinski definition) is 3. The maximum absolute atomic E-state index is 11.6. The van der Waals surface area contributed by atoms with Crippen LogP contribution in [0.4, 0.5) is 17.1 Å². The SMILES string of the molecule is CN1/C(=C/C2=[N+](C)c3ccc(Cl)cc3C2(Cc2ccccc2)Cc2ccccc2)C(C)(C)c2cc([N+](=O)[O-])ccc21. The van der Waals surface area contributed by atoms with Crippen molar-refractivity contribution in [3.63, 3.8) is 0 Å². The van der Waals surface area contributed by atoms with E-state index in [9.17, 15) is 10.1 Å². The molecule has 0 saturated heterocycles. The topological polar surface area (TPSA) is 49.4 Å². The molecule has 4 aromatic carbocycles. The molecule has 2 aliphatic heterocycles. The number of hydrogen-bond donors (Lipinski definition) is 0. The molecule has 0 spiro atoms. The van der Waals surface area contributed by atoms with Crippen LogP contribution in [0.3, 0.4) is 0 Å². The van der Waals surface area contributed by atoms with Crippen LogP contribution >= 0.6 is 11.6 Å². The van der Waals surface area contributed by atoms with Crippen LogP contribution in [0.15, 0.2) is 109 Å². The maximum atomic E-state index is 11.6. The second-order valence-electron chi connectivity index (χ2n) is 11.7. The summed E-state index contributed by atoms with van der Waals surface area (Å²) in [6, 6.07) is 32.7. The van der Waals surface area contributed by atoms with Gasteiger partial charge in [-0.3, -0.25) is 10.1 Å². The van der Waals surface area contributed by atoms with Crippen molar-refractivity contribution in [3.05, 3.63) is 146 Å². The van der Waals surface area contributed by atoms with E-state index < -0.39 is 10.8 Å². The fourth-order valence-electron chi connectivity index (χ4n) is 6.85. The summed E-state index contributed by atoms with van der Waals surface area (Å²) < 4.78 is 2.31. The molecular formula is C35H33ClN3O2+. The second-order valence-corrected chi connectivity index (χ2v) is 12.1. The molecule has 206 valence electrons. The number of nitrogens with zero attached hydrogens (tertiary/aromatic N) is 3. The van der Waals surface area contributed by atoms with Crippen LogP contribution in [0.25, 0.3) is 0 Å². The Balaban J connectivity index is 1.59. The van der Waals surface area contributed by atoms with Crippen molar-refractivity contribution in [2.45, 2.75) is 37.5 Å². The minimum Gasteiger partial charge on any atom is -0.347 e. The van der Waals surface area contributed by atoms with E-state index in [0.29, 0.717) is 0 Å². The Morgan fingerprint density at radius 2 is 1.49 bits per heavy atom. The number of rotatable bonds is 6. The molecule has 0 bridgehead atoms. The van der Waals surface area contributed by atoms with Gasteiger partial charge in [0.05, 0.1) is 10.3 Å². The molecule has 0 unspecified atom stereocenters. The lowest BCUT2D eigenvalue weighted by Crippen LogP contribution is -2.40. The Kier molecular flexibility index (Phi) is 6.58. The number of fused-ring (bicyclic) bond motifs is 2. The van der Waals surface area contributed by atoms with Crippen LogP contribution in [0.5, 0.6) is 0 Å². The third-order valence-corrected chi connectivity index (χ3v) is 9.12. The van der Waals surface area contributed by atoms with Gasteiger partial charge in [0.1, 0.15) is 7.05 Å². The van der Waals surface area contributed by atoms with Crippen molar-refractivity contribution in [3.8, 4) is 0 Å². The van der Waals surface area contributed by atoms with E-state index in [4.69, 9.17) is 11.6 Å². The number of benzene rings is 4. The minimum absolute atomic E-state index is 0.113. The van der Waals surface area contributed by atoms with Crippen molar-refractivity contribution < 1.29 is 9.50 Å². The van der Waals surface area contributed by atoms with Gasteiger partial charge in [0, 0.05) is 58.7 Å². The van der Waals surface area contributed by atoms with E-state index in [0.717, 1.165) is 40.5 Å². The highest BCUT2D eigenvalue weighted by atomic mass is 35.5. The van der Waals surface area contributed by atoms with Gasteiger partial charge in [-0.25, -0.2) is 0 Å². The van der Waals surface area contributed by atoms with Gasteiger partial charge in [0.2, 0.25) is 5.69 Å². The van der Waals surface area contributed by atoms with Gasteiger partial charge < -0.3 is 4.90 Å². The fourth-order valence-corrected chi connectivity index (χ4v) is 7.03. The van der Waals surface area contributed by atoms with Gasteiger partial charge in [-0.1, -0.05) is 86.1 Å². The van der Waals surface area contributed by atoms with Gasteiger partial charge in [0.15, 0.2) is 5.71 Å². The van der Waals surface area contributed by atoms with Gasteiger partial charge in [-0.2, -0.15) is 4.58 Å². The first-order chi connectivity index (χ1) is 19.6. The Morgan fingerprint density at radius 1 is 0.878 bits per heavy atom. The molecule has 41 heavy (non-hydrogen) atoms. The van der Waals surface area contributed by atoms with E-state index >= 15 is 0 Å². The summed E-state index contributed by atoms with van der Waals surface area (Å²) in [6.45, 7) is 4.31. The number of anilines is 1. The van der Waals surface area contributed by atoms with E-state index in [2.05, 4.69) is 116 Å². The van der Waals surface area contributed by atoms with Crippen LogP contribution in [-0.2, 0) is 23.7 Å². The van der Waals surface area contributed by atoms with Crippen LogP contribution in [0, 0.1) is 10.1 Å². The van der Waals surface area contributed by atoms with Crippen molar-refractivity contribution in [2.24, 2.45) is 0 Å². The average molecular weight is 563 g/mol. The Bertz CT molecular complexity index is 1680. The Hall–Kier alpha value is -4.22. The molecule has 2 heterocycles. The monoisotopic (exact) mass is 562 g/mol. The molecule has 5 nitrogen and oxygen atoms in total. The van der Waals surface area contributed by atoms with E-state index in [1.807, 2.05) is 12.1 Å². The van der Waals surface area contributed by atoms with E-state index in [1.54, 1.807) is 12.1 Å². The third kappa shape index (κ3) is 4.45. The number of nitro benzene ring substituents is 1. The lowest BCUT2D eigenvalue weighted by atomic mass is 9.68. The molecule has 6 rings (SSSR count). The summed E-state index contributed by atoms with van der Waals surface area (Å²) >= 11 is 6.69. The van der Waals surface area contributed by atoms with Gasteiger partial charge in [-0.05, 0) is 47.7 Å². The first-order valence-electron chi connectivity index (χ1n) is 13.9. The summed E-state index contributed by atoms with van der Waals surface area (Å²) in [5, 5.41) is 12.4. The lowest BCUT2D eigenvalue weighted by Gasteiger charge is -2.30. The number of halogens is 1. The quantitative estimate of drug-likeness (QED) is 0.136. The van der Waals surface area contributed by atoms with Crippen LogP contribution < -0.4 is 4.90 Å². The maximum Gasteiger partial charge on any atom is 0.269 e. The number of allylic oxidation sites excluding steroid dienone is 2. The minimum atomic E-state index is -0.443. The van der Waals surface area contributed by atoms with Crippen LogP contribution in [0.2, 0.25) is 5.02 Å². The zero-order chi connectivity index (χ0) is 28.9. The summed E-state index contributed by atoms with van der Waals surface area (Å²) in [6.07, 6.45) is 3.91. The summed E-state index contributed by atoms with van der Waals surface area (Å²) in [7, 11) is 4.19. The highest BCUT2D eigenvalue weighted by Crippen LogP contribution is 2.51. The molecule has 0 aliphatic carbocycles. The second kappa shape index (κ2) is 10.0. The molecule has 4 aromatic rings. The first kappa shape index (κ1) is 27.0. The molecule has 0 fully saturated rings. The highest BCUT2D eigenvalue weighted by Gasteiger charge is 2.52. The van der Waals surface area contributed by atoms with Crippen molar-refractivity contribution in [1.29, 1.82) is 0 Å². The molecule has 2 aliphatic rings. The zero-order valence-corrected chi connectivity index (χ0v) is 24.5. The Labute approximate surface area is 246 Å². The lowest BCUT2D eigenvalue weighted by molar-refractivity contribution is -0.401. The molecule has 0 saturated carbocycles. The Morgan fingerprint density at radius 3 is 2.07 bits per heavy atom. The molecule has 0 amide bonds. The first-order valence-corrected chi connectivity index (χ1v) is 14.2. The molecule has 6 heteroatoms. The summed E-state index contributed by atoms with van der Waals surface area (Å²) in [5.41, 5.74) is 8.34. The molecule has 0 radical (unpaired) electrons. The summed E-state index contributed by atoms with van der Waals surface area (Å²) in [4.78, 5) is 13.5.